The van der Waals surface area contributed by atoms with Gasteiger partial charge in [0.25, 0.3) is 0 Å². The molecule has 0 saturated heterocycles. The Labute approximate surface area is 131 Å². The molecule has 0 aliphatic rings. The molecule has 2 rings (SSSR count). The smallest absolute Gasteiger partial charge is 0.240 e. The molecule has 108 valence electrons. The molecule has 4 nitrogen and oxygen atoms in total. The summed E-state index contributed by atoms with van der Waals surface area (Å²) >= 11 is 5.00. The van der Waals surface area contributed by atoms with Crippen LogP contribution in [0.1, 0.15) is 4.88 Å². The molecule has 7 heteroatoms. The zero-order chi connectivity index (χ0) is 14.6. The number of nitrogens with one attached hydrogen (secondary N) is 2. The molecule has 0 unspecified atom stereocenters. The number of sulfonamides is 1. The second kappa shape index (κ2) is 6.71. The fourth-order valence-electron chi connectivity index (χ4n) is 1.68. The predicted octanol–water partition coefficient (Wildman–Crippen LogP) is 3.07. The van der Waals surface area contributed by atoms with Crippen LogP contribution >= 0.6 is 27.3 Å². The minimum Gasteiger partial charge on any atom is -0.388 e. The lowest BCUT2D eigenvalue weighted by atomic mass is 10.3. The van der Waals surface area contributed by atoms with Gasteiger partial charge in [-0.05, 0) is 58.7 Å². The molecule has 20 heavy (non-hydrogen) atoms. The first-order chi connectivity index (χ1) is 9.51. The molecule has 0 bridgehead atoms. The van der Waals surface area contributed by atoms with Gasteiger partial charge in [0.2, 0.25) is 10.0 Å². The molecule has 0 spiro atoms. The first-order valence-corrected chi connectivity index (χ1v) is 9.12. The van der Waals surface area contributed by atoms with Crippen LogP contribution in [0.25, 0.3) is 0 Å². The van der Waals surface area contributed by atoms with Crippen molar-refractivity contribution in [1.29, 1.82) is 0 Å². The molecule has 0 amide bonds. The lowest BCUT2D eigenvalue weighted by Gasteiger charge is -2.07. The summed E-state index contributed by atoms with van der Waals surface area (Å²) in [6, 6.07) is 10.6. The molecular formula is C13H15BrN2O2S2. The van der Waals surface area contributed by atoms with Crippen molar-refractivity contribution in [2.45, 2.75) is 11.3 Å². The van der Waals surface area contributed by atoms with Crippen LogP contribution in [0.3, 0.4) is 0 Å². The second-order valence-electron chi connectivity index (χ2n) is 4.13. The fraction of sp³-hybridized carbons (Fsp3) is 0.231. The van der Waals surface area contributed by atoms with Gasteiger partial charge in [0.15, 0.2) is 0 Å². The van der Waals surface area contributed by atoms with E-state index in [4.69, 9.17) is 0 Å². The molecule has 0 atom stereocenters. The Bertz CT molecular complexity index is 666. The normalized spacial score (nSPS) is 11.5. The first kappa shape index (κ1) is 15.5. The molecule has 0 saturated carbocycles. The van der Waals surface area contributed by atoms with Crippen molar-refractivity contribution in [2.75, 3.05) is 18.9 Å². The van der Waals surface area contributed by atoms with Crippen LogP contribution in [0.2, 0.25) is 0 Å². The average molecular weight is 375 g/mol. The topological polar surface area (TPSA) is 58.2 Å². The van der Waals surface area contributed by atoms with Gasteiger partial charge in [0, 0.05) is 24.2 Å². The number of thiophene rings is 1. The van der Waals surface area contributed by atoms with Crippen molar-refractivity contribution in [2.24, 2.45) is 0 Å². The van der Waals surface area contributed by atoms with Crippen LogP contribution in [0, 0.1) is 0 Å². The maximum absolute atomic E-state index is 12.1. The van der Waals surface area contributed by atoms with Crippen LogP contribution in [0.5, 0.6) is 0 Å². The van der Waals surface area contributed by atoms with E-state index in [0.717, 1.165) is 14.4 Å². The number of hydrogen-bond acceptors (Lipinski definition) is 4. The summed E-state index contributed by atoms with van der Waals surface area (Å²) in [5.41, 5.74) is 0.882. The molecule has 0 aliphatic carbocycles. The largest absolute Gasteiger partial charge is 0.388 e. The van der Waals surface area contributed by atoms with Crippen LogP contribution in [0.15, 0.2) is 45.1 Å². The number of rotatable bonds is 6. The van der Waals surface area contributed by atoms with Crippen LogP contribution < -0.4 is 10.0 Å². The average Bonchev–Trinajstić information content (AvgIpc) is 2.84. The summed E-state index contributed by atoms with van der Waals surface area (Å²) in [5, 5.41) is 2.95. The molecule has 1 aromatic carbocycles. The van der Waals surface area contributed by atoms with Gasteiger partial charge < -0.3 is 5.32 Å². The van der Waals surface area contributed by atoms with Gasteiger partial charge in [-0.15, -0.1) is 11.3 Å². The monoisotopic (exact) mass is 374 g/mol. The summed E-state index contributed by atoms with van der Waals surface area (Å²) in [6.45, 7) is 0.392. The van der Waals surface area contributed by atoms with E-state index in [9.17, 15) is 8.42 Å². The minimum absolute atomic E-state index is 0.281. The third kappa shape index (κ3) is 4.05. The summed E-state index contributed by atoms with van der Waals surface area (Å²) in [6.07, 6.45) is 0.685. The lowest BCUT2D eigenvalue weighted by Crippen LogP contribution is -2.25. The molecule has 0 radical (unpaired) electrons. The number of benzene rings is 1. The highest BCUT2D eigenvalue weighted by Crippen LogP contribution is 2.22. The van der Waals surface area contributed by atoms with Gasteiger partial charge in [-0.2, -0.15) is 0 Å². The van der Waals surface area contributed by atoms with Gasteiger partial charge >= 0.3 is 0 Å². The molecule has 1 aromatic heterocycles. The first-order valence-electron chi connectivity index (χ1n) is 6.03. The lowest BCUT2D eigenvalue weighted by molar-refractivity contribution is 0.582. The van der Waals surface area contributed by atoms with E-state index < -0.39 is 10.0 Å². The van der Waals surface area contributed by atoms with E-state index >= 15 is 0 Å². The SMILES string of the molecule is CNc1ccc(S(=O)(=O)NCCc2ccc(Br)s2)cc1. The molecule has 0 fully saturated rings. The summed E-state index contributed by atoms with van der Waals surface area (Å²) in [7, 11) is -1.64. The van der Waals surface area contributed by atoms with Crippen LogP contribution in [-0.4, -0.2) is 22.0 Å². The molecular weight excluding hydrogens is 360 g/mol. The van der Waals surface area contributed by atoms with E-state index in [0.29, 0.717) is 13.0 Å². The Morgan fingerprint density at radius 3 is 2.40 bits per heavy atom. The van der Waals surface area contributed by atoms with Gasteiger partial charge in [0.05, 0.1) is 8.68 Å². The second-order valence-corrected chi connectivity index (χ2v) is 8.44. The fourth-order valence-corrected chi connectivity index (χ4v) is 4.19. The van der Waals surface area contributed by atoms with Crippen molar-refractivity contribution in [3.05, 3.63) is 45.1 Å². The highest BCUT2D eigenvalue weighted by molar-refractivity contribution is 9.11. The van der Waals surface area contributed by atoms with Crippen LogP contribution in [0.4, 0.5) is 5.69 Å². The molecule has 2 aromatic rings. The third-order valence-corrected chi connectivity index (χ3v) is 5.91. The highest BCUT2D eigenvalue weighted by atomic mass is 79.9. The molecule has 1 heterocycles. The van der Waals surface area contributed by atoms with E-state index in [-0.39, 0.29) is 4.90 Å². The van der Waals surface area contributed by atoms with E-state index in [1.807, 2.05) is 12.1 Å². The van der Waals surface area contributed by atoms with Gasteiger partial charge in [-0.1, -0.05) is 0 Å². The summed E-state index contributed by atoms with van der Waals surface area (Å²) < 4.78 is 27.8. The molecule has 0 aliphatic heterocycles. The van der Waals surface area contributed by atoms with Crippen molar-refractivity contribution >= 4 is 43.0 Å². The van der Waals surface area contributed by atoms with Crippen LogP contribution in [-0.2, 0) is 16.4 Å². The zero-order valence-corrected chi connectivity index (χ0v) is 14.1. The van der Waals surface area contributed by atoms with Gasteiger partial charge in [0.1, 0.15) is 0 Å². The number of hydrogen-bond donors (Lipinski definition) is 2. The maximum Gasteiger partial charge on any atom is 0.240 e. The van der Waals surface area contributed by atoms with Gasteiger partial charge in [-0.25, -0.2) is 13.1 Å². The van der Waals surface area contributed by atoms with Crippen molar-refractivity contribution < 1.29 is 8.42 Å². The highest BCUT2D eigenvalue weighted by Gasteiger charge is 2.13. The standard InChI is InChI=1S/C13H15BrN2O2S2/c1-15-10-2-5-12(6-3-10)20(17,18)16-9-8-11-4-7-13(14)19-11/h2-7,15-16H,8-9H2,1H3. The number of halogens is 1. The van der Waals surface area contributed by atoms with Crippen molar-refractivity contribution in [1.82, 2.24) is 4.72 Å². The minimum atomic E-state index is -3.43. The maximum atomic E-state index is 12.1. The number of anilines is 1. The third-order valence-electron chi connectivity index (χ3n) is 2.75. The Morgan fingerprint density at radius 2 is 1.85 bits per heavy atom. The van der Waals surface area contributed by atoms with Gasteiger partial charge in [-0.3, -0.25) is 0 Å². The van der Waals surface area contributed by atoms with Crippen molar-refractivity contribution in [3.8, 4) is 0 Å². The van der Waals surface area contributed by atoms with E-state index in [1.54, 1.807) is 42.6 Å². The van der Waals surface area contributed by atoms with E-state index in [1.165, 1.54) is 0 Å². The summed E-state index contributed by atoms with van der Waals surface area (Å²) in [5.74, 6) is 0. The predicted molar refractivity (Wildman–Crippen MR) is 86.9 cm³/mol. The Hall–Kier alpha value is -0.890. The zero-order valence-electron chi connectivity index (χ0n) is 10.9. The van der Waals surface area contributed by atoms with Crippen molar-refractivity contribution in [3.63, 3.8) is 0 Å². The summed E-state index contributed by atoms with van der Waals surface area (Å²) in [4.78, 5) is 1.42. The molecule has 2 N–H and O–H groups in total. The van der Waals surface area contributed by atoms with E-state index in [2.05, 4.69) is 26.0 Å². The quantitative estimate of drug-likeness (QED) is 0.816. The Kier molecular flexibility index (Phi) is 5.20. The Morgan fingerprint density at radius 1 is 1.15 bits per heavy atom. The Balaban J connectivity index is 1.96.